The highest BCUT2D eigenvalue weighted by Crippen LogP contribution is 2.36. The van der Waals surface area contributed by atoms with E-state index in [9.17, 15) is 4.79 Å². The summed E-state index contributed by atoms with van der Waals surface area (Å²) < 4.78 is 0.254. The van der Waals surface area contributed by atoms with E-state index in [1.165, 1.54) is 17.7 Å². The molecule has 1 unspecified atom stereocenters. The van der Waals surface area contributed by atoms with Crippen molar-refractivity contribution in [3.63, 3.8) is 0 Å². The standard InChI is InChI=1S/C15H22BrNOS/c1-5-10-15(3,4)19-13-8-6-12(7-9-13)17-14(18)11(2)16/h6-9,11H,5,10H2,1-4H3,(H,17,18). The van der Waals surface area contributed by atoms with Gasteiger partial charge in [-0.05, 0) is 37.6 Å². The van der Waals surface area contributed by atoms with Crippen LogP contribution in [-0.2, 0) is 4.79 Å². The Bertz CT molecular complexity index is 415. The lowest BCUT2D eigenvalue weighted by molar-refractivity contribution is -0.115. The Morgan fingerprint density at radius 2 is 1.95 bits per heavy atom. The first-order valence-corrected chi connectivity index (χ1v) is 8.31. The lowest BCUT2D eigenvalue weighted by Crippen LogP contribution is -2.19. The van der Waals surface area contributed by atoms with Crippen LogP contribution < -0.4 is 5.32 Å². The SMILES string of the molecule is CCCC(C)(C)Sc1ccc(NC(=O)C(C)Br)cc1. The van der Waals surface area contributed by atoms with Gasteiger partial charge in [0.15, 0.2) is 0 Å². The molecule has 0 aliphatic carbocycles. The number of hydrogen-bond acceptors (Lipinski definition) is 2. The van der Waals surface area contributed by atoms with Crippen molar-refractivity contribution in [3.05, 3.63) is 24.3 Å². The Hall–Kier alpha value is -0.480. The lowest BCUT2D eigenvalue weighted by Gasteiger charge is -2.23. The molecule has 0 aliphatic heterocycles. The van der Waals surface area contributed by atoms with Crippen LogP contribution in [0.25, 0.3) is 0 Å². The predicted molar refractivity (Wildman–Crippen MR) is 88.3 cm³/mol. The minimum absolute atomic E-state index is 0.0216. The predicted octanol–water partition coefficient (Wildman–Crippen LogP) is 5.08. The third-order valence-corrected chi connectivity index (χ3v) is 4.41. The van der Waals surface area contributed by atoms with Crippen LogP contribution in [0.1, 0.15) is 40.5 Å². The third kappa shape index (κ3) is 6.00. The highest BCUT2D eigenvalue weighted by atomic mass is 79.9. The Kier molecular flexibility index (Phi) is 6.40. The molecule has 1 aromatic rings. The van der Waals surface area contributed by atoms with Gasteiger partial charge in [0, 0.05) is 15.3 Å². The molecule has 0 saturated carbocycles. The minimum atomic E-state index is -0.176. The van der Waals surface area contributed by atoms with Crippen molar-refractivity contribution in [1.82, 2.24) is 0 Å². The number of benzene rings is 1. The molecule has 0 aromatic heterocycles. The number of anilines is 1. The molecule has 0 saturated heterocycles. The van der Waals surface area contributed by atoms with E-state index in [4.69, 9.17) is 0 Å². The molecule has 1 atom stereocenters. The summed E-state index contributed by atoms with van der Waals surface area (Å²) in [6.07, 6.45) is 2.38. The van der Waals surface area contributed by atoms with Gasteiger partial charge in [-0.25, -0.2) is 0 Å². The van der Waals surface area contributed by atoms with Crippen LogP contribution in [-0.4, -0.2) is 15.5 Å². The Morgan fingerprint density at radius 3 is 2.42 bits per heavy atom. The van der Waals surface area contributed by atoms with Gasteiger partial charge in [-0.1, -0.05) is 43.1 Å². The smallest absolute Gasteiger partial charge is 0.237 e. The first-order valence-electron chi connectivity index (χ1n) is 6.58. The fourth-order valence-corrected chi connectivity index (χ4v) is 3.15. The summed E-state index contributed by atoms with van der Waals surface area (Å²) in [7, 11) is 0. The van der Waals surface area contributed by atoms with Crippen molar-refractivity contribution in [3.8, 4) is 0 Å². The average Bonchev–Trinajstić information content (AvgIpc) is 2.31. The first-order chi connectivity index (χ1) is 8.84. The largest absolute Gasteiger partial charge is 0.325 e. The van der Waals surface area contributed by atoms with Crippen molar-refractivity contribution in [2.45, 2.75) is 55.0 Å². The Balaban J connectivity index is 2.64. The van der Waals surface area contributed by atoms with Gasteiger partial charge in [-0.3, -0.25) is 4.79 Å². The number of nitrogens with one attached hydrogen (secondary N) is 1. The molecule has 19 heavy (non-hydrogen) atoms. The van der Waals surface area contributed by atoms with Gasteiger partial charge < -0.3 is 5.32 Å². The second-order valence-corrected chi connectivity index (χ2v) is 8.40. The zero-order valence-electron chi connectivity index (χ0n) is 12.0. The van der Waals surface area contributed by atoms with E-state index >= 15 is 0 Å². The zero-order valence-corrected chi connectivity index (χ0v) is 14.4. The molecule has 4 heteroatoms. The van der Waals surface area contributed by atoms with Gasteiger partial charge in [0.2, 0.25) is 5.91 Å². The fourth-order valence-electron chi connectivity index (χ4n) is 1.82. The molecular weight excluding hydrogens is 322 g/mol. The highest BCUT2D eigenvalue weighted by molar-refractivity contribution is 9.10. The summed E-state index contributed by atoms with van der Waals surface area (Å²) in [6, 6.07) is 8.04. The second-order valence-electron chi connectivity index (χ2n) is 5.24. The molecule has 1 rings (SSSR count). The summed E-state index contributed by atoms with van der Waals surface area (Å²) in [4.78, 5) is 12.6. The van der Waals surface area contributed by atoms with Gasteiger partial charge in [-0.15, -0.1) is 11.8 Å². The molecule has 1 N–H and O–H groups in total. The third-order valence-electron chi connectivity index (χ3n) is 2.73. The van der Waals surface area contributed by atoms with E-state index < -0.39 is 0 Å². The maximum Gasteiger partial charge on any atom is 0.237 e. The van der Waals surface area contributed by atoms with Gasteiger partial charge in [-0.2, -0.15) is 0 Å². The van der Waals surface area contributed by atoms with E-state index in [0.717, 1.165) is 5.69 Å². The van der Waals surface area contributed by atoms with E-state index in [1.54, 1.807) is 0 Å². The Labute approximate surface area is 128 Å². The molecule has 0 aliphatic rings. The maximum atomic E-state index is 11.5. The number of carbonyl (C=O) groups is 1. The number of thioether (sulfide) groups is 1. The molecule has 1 amide bonds. The molecule has 0 heterocycles. The molecule has 0 bridgehead atoms. The van der Waals surface area contributed by atoms with E-state index in [1.807, 2.05) is 30.8 Å². The van der Waals surface area contributed by atoms with Crippen molar-refractivity contribution < 1.29 is 4.79 Å². The number of amides is 1. The maximum absolute atomic E-state index is 11.5. The van der Waals surface area contributed by atoms with Gasteiger partial charge in [0.05, 0.1) is 4.83 Å². The number of hydrogen-bond donors (Lipinski definition) is 1. The van der Waals surface area contributed by atoms with Crippen molar-refractivity contribution in [1.29, 1.82) is 0 Å². The van der Waals surface area contributed by atoms with E-state index in [-0.39, 0.29) is 15.5 Å². The number of rotatable bonds is 6. The summed E-state index contributed by atoms with van der Waals surface area (Å²) >= 11 is 5.13. The van der Waals surface area contributed by atoms with Crippen molar-refractivity contribution >= 4 is 39.3 Å². The van der Waals surface area contributed by atoms with Crippen molar-refractivity contribution in [2.24, 2.45) is 0 Å². The lowest BCUT2D eigenvalue weighted by atomic mass is 10.1. The van der Waals surface area contributed by atoms with Crippen LogP contribution in [0.5, 0.6) is 0 Å². The van der Waals surface area contributed by atoms with Gasteiger partial charge in [0.1, 0.15) is 0 Å². The minimum Gasteiger partial charge on any atom is -0.325 e. The zero-order chi connectivity index (χ0) is 14.5. The summed E-state index contributed by atoms with van der Waals surface area (Å²) in [5.74, 6) is -0.0216. The molecule has 106 valence electrons. The van der Waals surface area contributed by atoms with Gasteiger partial charge >= 0.3 is 0 Å². The topological polar surface area (TPSA) is 29.1 Å². The number of halogens is 1. The van der Waals surface area contributed by atoms with Gasteiger partial charge in [0.25, 0.3) is 0 Å². The van der Waals surface area contributed by atoms with Crippen LogP contribution in [0.3, 0.4) is 0 Å². The van der Waals surface area contributed by atoms with Crippen LogP contribution in [0, 0.1) is 0 Å². The Morgan fingerprint density at radius 1 is 1.37 bits per heavy atom. The second kappa shape index (κ2) is 7.34. The molecular formula is C15H22BrNOS. The van der Waals surface area contributed by atoms with Crippen LogP contribution >= 0.6 is 27.7 Å². The van der Waals surface area contributed by atoms with Crippen LogP contribution in [0.2, 0.25) is 0 Å². The van der Waals surface area contributed by atoms with Crippen LogP contribution in [0.15, 0.2) is 29.2 Å². The summed E-state index contributed by atoms with van der Waals surface area (Å²) in [6.45, 7) is 8.56. The van der Waals surface area contributed by atoms with Crippen LogP contribution in [0.4, 0.5) is 5.69 Å². The van der Waals surface area contributed by atoms with Crippen molar-refractivity contribution in [2.75, 3.05) is 5.32 Å². The average molecular weight is 344 g/mol. The van der Waals surface area contributed by atoms with E-state index in [0.29, 0.717) is 0 Å². The van der Waals surface area contributed by atoms with E-state index in [2.05, 4.69) is 54.2 Å². The summed E-state index contributed by atoms with van der Waals surface area (Å²) in [5, 5.41) is 2.86. The molecule has 0 spiro atoms. The highest BCUT2D eigenvalue weighted by Gasteiger charge is 2.18. The molecule has 2 nitrogen and oxygen atoms in total. The number of alkyl halides is 1. The first kappa shape index (κ1) is 16.6. The molecule has 0 fully saturated rings. The normalized spacial score (nSPS) is 13.1. The summed E-state index contributed by atoms with van der Waals surface area (Å²) in [5.41, 5.74) is 0.842. The quantitative estimate of drug-likeness (QED) is 0.576. The monoisotopic (exact) mass is 343 g/mol. The fraction of sp³-hybridized carbons (Fsp3) is 0.533. The molecule has 1 aromatic carbocycles. The molecule has 0 radical (unpaired) electrons. The number of carbonyl (C=O) groups excluding carboxylic acids is 1.